The molecule has 3 aromatic carbocycles. The van der Waals surface area contributed by atoms with Gasteiger partial charge in [-0.05, 0) is 61.2 Å². The van der Waals surface area contributed by atoms with Gasteiger partial charge in [0.25, 0.3) is 0 Å². The SMILES string of the molecule is CCc1ccc(N(CC(=O)N(Cc2ccc(Cl)cc2)C(Cc2ccccc2)C(=O)NC(C)C)S(C)(=O)=O)cc1. The molecule has 0 aromatic heterocycles. The average molecular weight is 570 g/mol. The number of carbonyl (C=O) groups is 2. The maximum atomic E-state index is 14.0. The molecule has 0 aliphatic heterocycles. The number of nitrogens with zero attached hydrogens (tertiary/aromatic N) is 2. The number of rotatable bonds is 12. The van der Waals surface area contributed by atoms with Gasteiger partial charge in [0.2, 0.25) is 21.8 Å². The van der Waals surface area contributed by atoms with Crippen molar-refractivity contribution in [1.29, 1.82) is 0 Å². The van der Waals surface area contributed by atoms with Gasteiger partial charge < -0.3 is 10.2 Å². The molecular weight excluding hydrogens is 534 g/mol. The van der Waals surface area contributed by atoms with Gasteiger partial charge in [0, 0.05) is 24.0 Å². The van der Waals surface area contributed by atoms with Gasteiger partial charge in [-0.15, -0.1) is 0 Å². The predicted octanol–water partition coefficient (Wildman–Crippen LogP) is 4.83. The van der Waals surface area contributed by atoms with Gasteiger partial charge in [-0.25, -0.2) is 8.42 Å². The Bertz CT molecular complexity index is 1350. The minimum absolute atomic E-state index is 0.103. The Kier molecular flexibility index (Phi) is 10.5. The lowest BCUT2D eigenvalue weighted by molar-refractivity contribution is -0.140. The molecule has 0 saturated carbocycles. The number of aryl methyl sites for hydroxylation is 1. The van der Waals surface area contributed by atoms with Crippen molar-refractivity contribution in [2.75, 3.05) is 17.1 Å². The lowest BCUT2D eigenvalue weighted by atomic mass is 10.0. The highest BCUT2D eigenvalue weighted by atomic mass is 35.5. The molecule has 0 saturated heterocycles. The molecule has 0 aliphatic rings. The van der Waals surface area contributed by atoms with Gasteiger partial charge in [-0.1, -0.05) is 73.1 Å². The van der Waals surface area contributed by atoms with Crippen LogP contribution in [-0.2, 0) is 39.0 Å². The molecule has 3 rings (SSSR count). The van der Waals surface area contributed by atoms with Crippen LogP contribution in [0.3, 0.4) is 0 Å². The first-order valence-corrected chi connectivity index (χ1v) is 15.2. The molecule has 208 valence electrons. The van der Waals surface area contributed by atoms with Crippen molar-refractivity contribution in [3.63, 3.8) is 0 Å². The van der Waals surface area contributed by atoms with Crippen LogP contribution >= 0.6 is 11.6 Å². The van der Waals surface area contributed by atoms with Gasteiger partial charge in [-0.2, -0.15) is 0 Å². The summed E-state index contributed by atoms with van der Waals surface area (Å²) >= 11 is 6.08. The second kappa shape index (κ2) is 13.6. The number of sulfonamides is 1. The lowest BCUT2D eigenvalue weighted by Crippen LogP contribution is -2.54. The smallest absolute Gasteiger partial charge is 0.244 e. The van der Waals surface area contributed by atoms with Crippen LogP contribution in [0.4, 0.5) is 5.69 Å². The molecular formula is C30H36ClN3O4S. The summed E-state index contributed by atoms with van der Waals surface area (Å²) in [5.74, 6) is -0.802. The fourth-order valence-corrected chi connectivity index (χ4v) is 5.21. The number of hydrogen-bond donors (Lipinski definition) is 1. The number of anilines is 1. The molecule has 2 amide bonds. The summed E-state index contributed by atoms with van der Waals surface area (Å²) in [4.78, 5) is 29.0. The maximum absolute atomic E-state index is 14.0. The summed E-state index contributed by atoms with van der Waals surface area (Å²) in [5.41, 5.74) is 3.09. The fourth-order valence-electron chi connectivity index (χ4n) is 4.23. The summed E-state index contributed by atoms with van der Waals surface area (Å²) in [5, 5.41) is 3.49. The minimum Gasteiger partial charge on any atom is -0.352 e. The quantitative estimate of drug-likeness (QED) is 0.338. The van der Waals surface area contributed by atoms with E-state index in [1.807, 2.05) is 63.2 Å². The Hall–Kier alpha value is -3.36. The van der Waals surface area contributed by atoms with E-state index in [1.54, 1.807) is 36.4 Å². The molecule has 7 nitrogen and oxygen atoms in total. The fraction of sp³-hybridized carbons (Fsp3) is 0.333. The largest absolute Gasteiger partial charge is 0.352 e. The van der Waals surface area contributed by atoms with Crippen molar-refractivity contribution in [3.05, 3.63) is 101 Å². The van der Waals surface area contributed by atoms with Gasteiger partial charge in [0.05, 0.1) is 11.9 Å². The number of amides is 2. The van der Waals surface area contributed by atoms with Crippen molar-refractivity contribution in [3.8, 4) is 0 Å². The molecule has 0 aliphatic carbocycles. The summed E-state index contributed by atoms with van der Waals surface area (Å²) in [7, 11) is -3.80. The van der Waals surface area contributed by atoms with Gasteiger partial charge in [-0.3, -0.25) is 13.9 Å². The highest BCUT2D eigenvalue weighted by molar-refractivity contribution is 7.92. The zero-order valence-electron chi connectivity index (χ0n) is 22.8. The van der Waals surface area contributed by atoms with Crippen LogP contribution in [0.5, 0.6) is 0 Å². The Morgan fingerprint density at radius 1 is 0.872 bits per heavy atom. The highest BCUT2D eigenvalue weighted by Crippen LogP contribution is 2.22. The molecule has 0 fully saturated rings. The molecule has 39 heavy (non-hydrogen) atoms. The van der Waals surface area contributed by atoms with E-state index >= 15 is 0 Å². The third kappa shape index (κ3) is 8.83. The number of benzene rings is 3. The van der Waals surface area contributed by atoms with Crippen LogP contribution in [0.1, 0.15) is 37.5 Å². The van der Waals surface area contributed by atoms with E-state index in [0.29, 0.717) is 10.7 Å². The molecule has 0 radical (unpaired) electrons. The first-order chi connectivity index (χ1) is 18.5. The summed E-state index contributed by atoms with van der Waals surface area (Å²) in [6.45, 7) is 5.38. The Morgan fingerprint density at radius 2 is 1.46 bits per heavy atom. The second-order valence-electron chi connectivity index (χ2n) is 9.81. The second-order valence-corrected chi connectivity index (χ2v) is 12.1. The molecule has 0 heterocycles. The first-order valence-electron chi connectivity index (χ1n) is 12.9. The van der Waals surface area contributed by atoms with Gasteiger partial charge >= 0.3 is 0 Å². The molecule has 0 spiro atoms. The Morgan fingerprint density at radius 3 is 2.00 bits per heavy atom. The molecule has 9 heteroatoms. The zero-order valence-corrected chi connectivity index (χ0v) is 24.4. The number of nitrogens with one attached hydrogen (secondary N) is 1. The Balaban J connectivity index is 2.03. The van der Waals surface area contributed by atoms with Gasteiger partial charge in [0.15, 0.2) is 0 Å². The summed E-state index contributed by atoms with van der Waals surface area (Å²) in [6.07, 6.45) is 2.15. The summed E-state index contributed by atoms with van der Waals surface area (Å²) < 4.78 is 26.8. The van der Waals surface area contributed by atoms with Crippen molar-refractivity contribution >= 4 is 39.1 Å². The number of carbonyl (C=O) groups excluding carboxylic acids is 2. The minimum atomic E-state index is -3.80. The van der Waals surface area contributed by atoms with Crippen molar-refractivity contribution in [1.82, 2.24) is 10.2 Å². The van der Waals surface area contributed by atoms with E-state index in [1.165, 1.54) is 4.90 Å². The number of halogens is 1. The normalized spacial score (nSPS) is 12.2. The Labute approximate surface area is 236 Å². The maximum Gasteiger partial charge on any atom is 0.244 e. The van der Waals surface area contributed by atoms with Crippen LogP contribution < -0.4 is 9.62 Å². The van der Waals surface area contributed by atoms with E-state index in [-0.39, 0.29) is 24.9 Å². The number of hydrogen-bond acceptors (Lipinski definition) is 4. The predicted molar refractivity (Wildman–Crippen MR) is 157 cm³/mol. The molecule has 1 atom stereocenters. The monoisotopic (exact) mass is 569 g/mol. The van der Waals surface area contributed by atoms with Gasteiger partial charge in [0.1, 0.15) is 12.6 Å². The molecule has 0 bridgehead atoms. The van der Waals surface area contributed by atoms with Crippen LogP contribution in [-0.4, -0.2) is 50.0 Å². The van der Waals surface area contributed by atoms with Crippen molar-refractivity contribution < 1.29 is 18.0 Å². The molecule has 3 aromatic rings. The van der Waals surface area contributed by atoms with Crippen molar-refractivity contribution in [2.24, 2.45) is 0 Å². The van der Waals surface area contributed by atoms with Crippen LogP contribution in [0.2, 0.25) is 5.02 Å². The third-order valence-electron chi connectivity index (χ3n) is 6.28. The van der Waals surface area contributed by atoms with E-state index < -0.39 is 28.5 Å². The summed E-state index contributed by atoms with van der Waals surface area (Å²) in [6, 6.07) is 22.5. The van der Waals surface area contributed by atoms with Crippen LogP contribution in [0, 0.1) is 0 Å². The van der Waals surface area contributed by atoms with E-state index in [9.17, 15) is 18.0 Å². The topological polar surface area (TPSA) is 86.8 Å². The molecule has 1 unspecified atom stereocenters. The van der Waals surface area contributed by atoms with Crippen LogP contribution in [0.15, 0.2) is 78.9 Å². The van der Waals surface area contributed by atoms with E-state index in [4.69, 9.17) is 11.6 Å². The lowest BCUT2D eigenvalue weighted by Gasteiger charge is -2.34. The average Bonchev–Trinajstić information content (AvgIpc) is 2.90. The van der Waals surface area contributed by atoms with E-state index in [0.717, 1.165) is 33.7 Å². The van der Waals surface area contributed by atoms with Crippen molar-refractivity contribution in [2.45, 2.75) is 52.2 Å². The zero-order chi connectivity index (χ0) is 28.6. The van der Waals surface area contributed by atoms with Crippen LogP contribution in [0.25, 0.3) is 0 Å². The highest BCUT2D eigenvalue weighted by Gasteiger charge is 2.33. The molecule has 1 N–H and O–H groups in total. The first kappa shape index (κ1) is 30.2. The van der Waals surface area contributed by atoms with E-state index in [2.05, 4.69) is 5.32 Å². The third-order valence-corrected chi connectivity index (χ3v) is 7.67. The standard InChI is InChI=1S/C30H36ClN3O4S/c1-5-23-13-17-27(18-14-23)34(39(4,37)38)21-29(35)33(20-25-11-15-26(31)16-12-25)28(30(36)32-22(2)3)19-24-9-7-6-8-10-24/h6-18,22,28H,5,19-21H2,1-4H3,(H,32,36).